The second-order valence-electron chi connectivity index (χ2n) is 11.7. The largest absolute Gasteiger partial charge is 0.573 e. The standard InChI is InChI=1S/C28H34F3NO3/c1-16-4-5-17(24(12-16)35-28(29,30)31)13-23(34)22-7-6-20-19-15-32-25-14-18(33)8-10-27(25,3)21(19)9-11-26(20,22)2/h4-5,12,14,19-22,32H,6-11,13,15H2,1-3H3/t19?,20?,21?,22?,26-,27+/m0/s1. The van der Waals surface area contributed by atoms with Gasteiger partial charge in [-0.25, -0.2) is 0 Å². The highest BCUT2D eigenvalue weighted by Crippen LogP contribution is 2.64. The van der Waals surface area contributed by atoms with Gasteiger partial charge in [-0.3, -0.25) is 9.59 Å². The predicted molar refractivity (Wildman–Crippen MR) is 126 cm³/mol. The van der Waals surface area contributed by atoms with Crippen LogP contribution in [-0.2, 0) is 16.0 Å². The van der Waals surface area contributed by atoms with Gasteiger partial charge in [-0.15, -0.1) is 13.2 Å². The van der Waals surface area contributed by atoms with E-state index < -0.39 is 6.36 Å². The number of fused-ring (bicyclic) bond motifs is 5. The Morgan fingerprint density at radius 1 is 1.14 bits per heavy atom. The second-order valence-corrected chi connectivity index (χ2v) is 11.7. The summed E-state index contributed by atoms with van der Waals surface area (Å²) in [6.07, 6.45) is 2.11. The van der Waals surface area contributed by atoms with E-state index in [9.17, 15) is 22.8 Å². The van der Waals surface area contributed by atoms with Crippen LogP contribution in [0.15, 0.2) is 30.0 Å². The van der Waals surface area contributed by atoms with Crippen LogP contribution >= 0.6 is 0 Å². The summed E-state index contributed by atoms with van der Waals surface area (Å²) in [5.74, 6) is 1.09. The van der Waals surface area contributed by atoms with Crippen molar-refractivity contribution in [2.75, 3.05) is 6.54 Å². The summed E-state index contributed by atoms with van der Waals surface area (Å²) in [5, 5.41) is 3.57. The minimum absolute atomic E-state index is 0.0168. The van der Waals surface area contributed by atoms with Gasteiger partial charge in [-0.05, 0) is 73.8 Å². The fourth-order valence-corrected chi connectivity index (χ4v) is 8.01. The molecule has 0 spiro atoms. The Labute approximate surface area is 204 Å². The van der Waals surface area contributed by atoms with E-state index in [1.165, 1.54) is 6.07 Å². The van der Waals surface area contributed by atoms with Crippen molar-refractivity contribution in [3.63, 3.8) is 0 Å². The van der Waals surface area contributed by atoms with E-state index in [0.717, 1.165) is 44.3 Å². The number of nitrogens with one attached hydrogen (secondary N) is 1. The molecule has 1 aromatic carbocycles. The SMILES string of the molecule is Cc1ccc(CC(=O)C2CCC3C4CNC5=CC(=O)CC[C@]5(C)C4CC[C@]23C)c(OC(F)(F)F)c1. The van der Waals surface area contributed by atoms with Crippen molar-refractivity contribution in [1.82, 2.24) is 5.32 Å². The minimum atomic E-state index is -4.80. The number of benzene rings is 1. The maximum Gasteiger partial charge on any atom is 0.573 e. The smallest absolute Gasteiger partial charge is 0.405 e. The molecule has 35 heavy (non-hydrogen) atoms. The fraction of sp³-hybridized carbons (Fsp3) is 0.643. The van der Waals surface area contributed by atoms with Crippen molar-refractivity contribution in [2.45, 2.75) is 72.1 Å². The lowest BCUT2D eigenvalue weighted by atomic mass is 9.49. The molecule has 0 aromatic heterocycles. The van der Waals surface area contributed by atoms with Gasteiger partial charge < -0.3 is 10.1 Å². The van der Waals surface area contributed by atoms with Gasteiger partial charge in [-0.2, -0.15) is 0 Å². The van der Waals surface area contributed by atoms with Crippen molar-refractivity contribution in [1.29, 1.82) is 0 Å². The molecule has 4 nitrogen and oxygen atoms in total. The Morgan fingerprint density at radius 3 is 2.66 bits per heavy atom. The van der Waals surface area contributed by atoms with Crippen molar-refractivity contribution < 1.29 is 27.5 Å². The van der Waals surface area contributed by atoms with Crippen LogP contribution in [0.1, 0.15) is 63.5 Å². The van der Waals surface area contributed by atoms with Gasteiger partial charge in [0.2, 0.25) is 0 Å². The van der Waals surface area contributed by atoms with Gasteiger partial charge in [0.25, 0.3) is 0 Å². The van der Waals surface area contributed by atoms with E-state index in [1.54, 1.807) is 25.1 Å². The Balaban J connectivity index is 1.36. The van der Waals surface area contributed by atoms with E-state index in [2.05, 4.69) is 23.9 Å². The zero-order chi connectivity index (χ0) is 25.2. The summed E-state index contributed by atoms with van der Waals surface area (Å²) in [6, 6.07) is 4.67. The number of alkyl halides is 3. The summed E-state index contributed by atoms with van der Waals surface area (Å²) in [6.45, 7) is 7.04. The molecule has 0 radical (unpaired) electrons. The predicted octanol–water partition coefficient (Wildman–Crippen LogP) is 5.92. The number of ether oxygens (including phenoxy) is 1. The number of aryl methyl sites for hydroxylation is 1. The molecule has 4 unspecified atom stereocenters. The number of piperidine rings is 1. The molecule has 190 valence electrons. The number of rotatable bonds is 4. The molecule has 1 aliphatic heterocycles. The Bertz CT molecular complexity index is 1080. The van der Waals surface area contributed by atoms with Gasteiger partial charge in [0, 0.05) is 48.1 Å². The first-order valence-corrected chi connectivity index (χ1v) is 12.8. The molecule has 3 aliphatic carbocycles. The van der Waals surface area contributed by atoms with Gasteiger partial charge in [-0.1, -0.05) is 26.0 Å². The third-order valence-corrected chi connectivity index (χ3v) is 9.80. The van der Waals surface area contributed by atoms with E-state index in [1.807, 2.05) is 0 Å². The Kier molecular flexibility index (Phi) is 5.84. The van der Waals surface area contributed by atoms with Crippen LogP contribution in [-0.4, -0.2) is 24.5 Å². The number of allylic oxidation sites excluding steroid dienone is 2. The topological polar surface area (TPSA) is 55.4 Å². The molecular formula is C28H34F3NO3. The number of ketones is 2. The van der Waals surface area contributed by atoms with Crippen LogP contribution in [0, 0.1) is 41.4 Å². The van der Waals surface area contributed by atoms with Gasteiger partial charge in [0.05, 0.1) is 0 Å². The molecule has 3 fully saturated rings. The maximum atomic E-state index is 13.6. The average molecular weight is 490 g/mol. The van der Waals surface area contributed by atoms with E-state index in [4.69, 9.17) is 0 Å². The molecule has 5 rings (SSSR count). The van der Waals surface area contributed by atoms with Gasteiger partial charge in [0.1, 0.15) is 11.5 Å². The Hall–Kier alpha value is -2.31. The highest BCUT2D eigenvalue weighted by molar-refractivity contribution is 5.91. The zero-order valence-electron chi connectivity index (χ0n) is 20.6. The van der Waals surface area contributed by atoms with Crippen LogP contribution in [0.5, 0.6) is 5.75 Å². The lowest BCUT2D eigenvalue weighted by Gasteiger charge is -2.58. The molecule has 1 saturated heterocycles. The first kappa shape index (κ1) is 24.4. The van der Waals surface area contributed by atoms with Crippen LogP contribution in [0.2, 0.25) is 0 Å². The first-order chi connectivity index (χ1) is 16.4. The van der Waals surface area contributed by atoms with Crippen molar-refractivity contribution in [3.8, 4) is 5.75 Å². The molecule has 2 saturated carbocycles. The van der Waals surface area contributed by atoms with Crippen molar-refractivity contribution in [2.24, 2.45) is 34.5 Å². The highest BCUT2D eigenvalue weighted by atomic mass is 19.4. The van der Waals surface area contributed by atoms with Crippen LogP contribution in [0.3, 0.4) is 0 Å². The average Bonchev–Trinajstić information content (AvgIpc) is 3.12. The lowest BCUT2D eigenvalue weighted by molar-refractivity contribution is -0.274. The summed E-state index contributed by atoms with van der Waals surface area (Å²) in [7, 11) is 0. The summed E-state index contributed by atoms with van der Waals surface area (Å²) in [5.41, 5.74) is 1.86. The maximum absolute atomic E-state index is 13.6. The van der Waals surface area contributed by atoms with Crippen LogP contribution in [0.25, 0.3) is 0 Å². The third kappa shape index (κ3) is 4.19. The molecule has 7 heteroatoms. The quantitative estimate of drug-likeness (QED) is 0.571. The molecule has 0 amide bonds. The molecule has 4 aliphatic rings. The van der Waals surface area contributed by atoms with Gasteiger partial charge in [0.15, 0.2) is 5.78 Å². The molecular weight excluding hydrogens is 455 g/mol. The van der Waals surface area contributed by atoms with E-state index in [-0.39, 0.29) is 40.5 Å². The minimum Gasteiger partial charge on any atom is -0.405 e. The molecule has 1 aromatic rings. The number of hydrogen-bond donors (Lipinski definition) is 1. The van der Waals surface area contributed by atoms with Crippen molar-refractivity contribution in [3.05, 3.63) is 41.1 Å². The number of hydrogen-bond acceptors (Lipinski definition) is 4. The summed E-state index contributed by atoms with van der Waals surface area (Å²) in [4.78, 5) is 25.6. The number of carbonyl (C=O) groups is 2. The molecule has 6 atom stereocenters. The molecule has 1 N–H and O–H groups in total. The summed E-state index contributed by atoms with van der Waals surface area (Å²) >= 11 is 0. The second kappa shape index (κ2) is 8.38. The molecule has 1 heterocycles. The first-order valence-electron chi connectivity index (χ1n) is 12.8. The highest BCUT2D eigenvalue weighted by Gasteiger charge is 2.60. The number of Topliss-reactive ketones (excluding diaryl/α,β-unsaturated/α-hetero) is 1. The summed E-state index contributed by atoms with van der Waals surface area (Å²) < 4.78 is 43.2. The lowest BCUT2D eigenvalue weighted by Crippen LogP contribution is -2.57. The van der Waals surface area contributed by atoms with Crippen molar-refractivity contribution >= 4 is 11.6 Å². The third-order valence-electron chi connectivity index (χ3n) is 9.80. The monoisotopic (exact) mass is 489 g/mol. The van der Waals surface area contributed by atoms with Crippen LogP contribution in [0.4, 0.5) is 13.2 Å². The normalized spacial score (nSPS) is 36.4. The zero-order valence-corrected chi connectivity index (χ0v) is 20.6. The number of carbonyl (C=O) groups excluding carboxylic acids is 2. The van der Waals surface area contributed by atoms with E-state index in [0.29, 0.717) is 35.3 Å². The molecule has 0 bridgehead atoms. The fourth-order valence-electron chi connectivity index (χ4n) is 8.01. The van der Waals surface area contributed by atoms with E-state index >= 15 is 0 Å². The Morgan fingerprint density at radius 2 is 1.91 bits per heavy atom. The van der Waals surface area contributed by atoms with Gasteiger partial charge >= 0.3 is 6.36 Å². The van der Waals surface area contributed by atoms with Crippen LogP contribution < -0.4 is 10.1 Å². The number of halogens is 3.